The summed E-state index contributed by atoms with van der Waals surface area (Å²) >= 11 is 0. The van der Waals surface area contributed by atoms with Gasteiger partial charge >= 0.3 is 6.09 Å². The van der Waals surface area contributed by atoms with Gasteiger partial charge in [-0.3, -0.25) is 5.32 Å². The topological polar surface area (TPSA) is 84.5 Å². The molecule has 1 fully saturated rings. The lowest BCUT2D eigenvalue weighted by atomic mass is 9.83. The van der Waals surface area contributed by atoms with E-state index in [9.17, 15) is 13.2 Å². The summed E-state index contributed by atoms with van der Waals surface area (Å²) in [5.41, 5.74) is 2.16. The second-order valence-electron chi connectivity index (χ2n) is 7.64. The van der Waals surface area contributed by atoms with Crippen LogP contribution in [0, 0.1) is 0 Å². The van der Waals surface area contributed by atoms with Gasteiger partial charge in [0.25, 0.3) is 0 Å². The van der Waals surface area contributed by atoms with Crippen LogP contribution in [-0.2, 0) is 21.0 Å². The van der Waals surface area contributed by atoms with Crippen LogP contribution in [0.4, 0.5) is 4.79 Å². The van der Waals surface area contributed by atoms with Gasteiger partial charge in [-0.15, -0.1) is 0 Å². The molecule has 1 saturated heterocycles. The van der Waals surface area contributed by atoms with Crippen molar-refractivity contribution in [3.05, 3.63) is 59.7 Å². The minimum atomic E-state index is -3.53. The summed E-state index contributed by atoms with van der Waals surface area (Å²) in [5, 5.41) is 6.01. The summed E-state index contributed by atoms with van der Waals surface area (Å²) < 4.78 is 31.2. The maximum absolute atomic E-state index is 12.9. The molecule has 2 aromatic carbocycles. The Kier molecular flexibility index (Phi) is 5.87. The Balaban J connectivity index is 1.46. The van der Waals surface area contributed by atoms with E-state index in [0.717, 1.165) is 49.8 Å². The number of hydrogen-bond acceptors (Lipinski definition) is 5. The van der Waals surface area contributed by atoms with Gasteiger partial charge in [-0.05, 0) is 74.0 Å². The van der Waals surface area contributed by atoms with Crippen LogP contribution >= 0.6 is 0 Å². The summed E-state index contributed by atoms with van der Waals surface area (Å²) in [4.78, 5) is 12.7. The van der Waals surface area contributed by atoms with Crippen molar-refractivity contribution in [3.63, 3.8) is 0 Å². The number of aryl methyl sites for hydroxylation is 1. The first kappa shape index (κ1) is 19.9. The zero-order valence-corrected chi connectivity index (χ0v) is 17.1. The van der Waals surface area contributed by atoms with Crippen LogP contribution in [-0.4, -0.2) is 33.8 Å². The van der Waals surface area contributed by atoms with Crippen molar-refractivity contribution in [1.82, 2.24) is 10.6 Å². The van der Waals surface area contributed by atoms with Crippen LogP contribution in [0.25, 0.3) is 0 Å². The average Bonchev–Trinajstić information content (AvgIpc) is 3.25. The molecule has 1 unspecified atom stereocenters. The SMILES string of the molecule is O=C(NCC1CCCc2cc(S(=O)(=O)c3ccccc3)ccc21)O[C@@H]1CCCN1. The Hall–Kier alpha value is -2.38. The summed E-state index contributed by atoms with van der Waals surface area (Å²) in [7, 11) is -3.53. The molecular formula is C22H26N2O4S. The molecule has 2 atom stereocenters. The molecule has 154 valence electrons. The van der Waals surface area contributed by atoms with Crippen LogP contribution in [0.2, 0.25) is 0 Å². The number of sulfone groups is 1. The molecule has 2 aromatic rings. The normalized spacial score (nSPS) is 21.4. The summed E-state index contributed by atoms with van der Waals surface area (Å²) in [6.07, 6.45) is 4.04. The molecule has 2 N–H and O–H groups in total. The Morgan fingerprint density at radius 1 is 1.07 bits per heavy atom. The molecule has 1 aliphatic heterocycles. The lowest BCUT2D eigenvalue weighted by Gasteiger charge is -2.26. The van der Waals surface area contributed by atoms with Crippen LogP contribution in [0.3, 0.4) is 0 Å². The highest BCUT2D eigenvalue weighted by atomic mass is 32.2. The molecule has 2 aliphatic rings. The number of rotatable bonds is 5. The molecule has 1 heterocycles. The fourth-order valence-electron chi connectivity index (χ4n) is 4.14. The molecular weight excluding hydrogens is 388 g/mol. The first-order chi connectivity index (χ1) is 14.0. The number of benzene rings is 2. The highest BCUT2D eigenvalue weighted by Gasteiger charge is 2.25. The molecule has 0 saturated carbocycles. The van der Waals surface area contributed by atoms with E-state index in [-0.39, 0.29) is 12.1 Å². The van der Waals surface area contributed by atoms with Gasteiger partial charge in [0.2, 0.25) is 9.84 Å². The Bertz CT molecular complexity index is 970. The number of carbonyl (C=O) groups is 1. The lowest BCUT2D eigenvalue weighted by Crippen LogP contribution is -2.36. The highest BCUT2D eigenvalue weighted by molar-refractivity contribution is 7.91. The quantitative estimate of drug-likeness (QED) is 0.784. The second kappa shape index (κ2) is 8.55. The molecule has 4 rings (SSSR count). The van der Waals surface area contributed by atoms with Crippen LogP contribution in [0.1, 0.15) is 42.7 Å². The molecule has 6 nitrogen and oxygen atoms in total. The summed E-state index contributed by atoms with van der Waals surface area (Å²) in [6, 6.07) is 13.9. The molecule has 1 aliphatic carbocycles. The monoisotopic (exact) mass is 414 g/mol. The third-order valence-corrected chi connectivity index (χ3v) is 7.44. The van der Waals surface area contributed by atoms with Gasteiger partial charge in [-0.1, -0.05) is 24.3 Å². The van der Waals surface area contributed by atoms with Gasteiger partial charge in [-0.25, -0.2) is 13.2 Å². The Labute approximate surface area is 171 Å². The number of hydrogen-bond donors (Lipinski definition) is 2. The van der Waals surface area contributed by atoms with Crippen LogP contribution < -0.4 is 10.6 Å². The third-order valence-electron chi connectivity index (χ3n) is 5.67. The van der Waals surface area contributed by atoms with E-state index >= 15 is 0 Å². The Morgan fingerprint density at radius 2 is 1.90 bits per heavy atom. The van der Waals surface area contributed by atoms with Gasteiger partial charge in [0, 0.05) is 12.5 Å². The molecule has 0 bridgehead atoms. The molecule has 1 amide bonds. The first-order valence-corrected chi connectivity index (χ1v) is 11.6. The zero-order chi connectivity index (χ0) is 20.3. The third kappa shape index (κ3) is 4.46. The summed E-state index contributed by atoms with van der Waals surface area (Å²) in [5.74, 6) is 0.163. The minimum absolute atomic E-state index is 0.163. The van der Waals surface area contributed by atoms with Crippen molar-refractivity contribution in [2.75, 3.05) is 13.1 Å². The highest BCUT2D eigenvalue weighted by Crippen LogP contribution is 2.34. The molecule has 29 heavy (non-hydrogen) atoms. The van der Waals surface area contributed by atoms with Gasteiger partial charge < -0.3 is 10.1 Å². The number of ether oxygens (including phenoxy) is 1. The van der Waals surface area contributed by atoms with E-state index in [0.29, 0.717) is 16.3 Å². The number of alkyl carbamates (subject to hydrolysis) is 1. The lowest BCUT2D eigenvalue weighted by molar-refractivity contribution is 0.0891. The maximum atomic E-state index is 12.9. The zero-order valence-electron chi connectivity index (χ0n) is 16.3. The molecule has 7 heteroatoms. The van der Waals surface area contributed by atoms with Gasteiger partial charge in [0.1, 0.15) is 0 Å². The van der Waals surface area contributed by atoms with Gasteiger partial charge in [0.15, 0.2) is 6.23 Å². The number of fused-ring (bicyclic) bond motifs is 1. The predicted molar refractivity (Wildman–Crippen MR) is 110 cm³/mol. The van der Waals surface area contributed by atoms with E-state index in [2.05, 4.69) is 10.6 Å². The van der Waals surface area contributed by atoms with E-state index in [1.165, 1.54) is 0 Å². The summed E-state index contributed by atoms with van der Waals surface area (Å²) in [6.45, 7) is 1.37. The second-order valence-corrected chi connectivity index (χ2v) is 9.59. The van der Waals surface area contributed by atoms with Crippen molar-refractivity contribution in [2.45, 2.75) is 54.0 Å². The van der Waals surface area contributed by atoms with Gasteiger partial charge in [0.05, 0.1) is 9.79 Å². The minimum Gasteiger partial charge on any atom is -0.430 e. The van der Waals surface area contributed by atoms with E-state index in [1.54, 1.807) is 42.5 Å². The Morgan fingerprint density at radius 3 is 2.66 bits per heavy atom. The van der Waals surface area contributed by atoms with E-state index in [4.69, 9.17) is 4.74 Å². The van der Waals surface area contributed by atoms with Crippen molar-refractivity contribution in [2.24, 2.45) is 0 Å². The fourth-order valence-corrected chi connectivity index (χ4v) is 5.47. The maximum Gasteiger partial charge on any atom is 0.408 e. The first-order valence-electron chi connectivity index (χ1n) is 10.1. The van der Waals surface area contributed by atoms with E-state index < -0.39 is 15.9 Å². The number of nitrogens with one attached hydrogen (secondary N) is 2. The number of carbonyl (C=O) groups excluding carboxylic acids is 1. The van der Waals surface area contributed by atoms with Crippen LogP contribution in [0.5, 0.6) is 0 Å². The van der Waals surface area contributed by atoms with Crippen molar-refractivity contribution >= 4 is 15.9 Å². The fraction of sp³-hybridized carbons (Fsp3) is 0.409. The molecule has 0 spiro atoms. The van der Waals surface area contributed by atoms with Crippen molar-refractivity contribution < 1.29 is 17.9 Å². The smallest absolute Gasteiger partial charge is 0.408 e. The number of amides is 1. The molecule has 0 aromatic heterocycles. The van der Waals surface area contributed by atoms with E-state index in [1.807, 2.05) is 6.07 Å². The van der Waals surface area contributed by atoms with Crippen molar-refractivity contribution in [1.29, 1.82) is 0 Å². The molecule has 0 radical (unpaired) electrons. The van der Waals surface area contributed by atoms with Crippen molar-refractivity contribution in [3.8, 4) is 0 Å². The standard InChI is InChI=1S/C22H26N2O4S/c25-22(28-21-10-5-13-23-21)24-15-17-7-4-6-16-14-19(11-12-20(16)17)29(26,27)18-8-2-1-3-9-18/h1-3,8-9,11-12,14,17,21,23H,4-7,10,13,15H2,(H,24,25)/t17?,21-/m1/s1. The van der Waals surface area contributed by atoms with Crippen LogP contribution in [0.15, 0.2) is 58.3 Å². The largest absolute Gasteiger partial charge is 0.430 e. The predicted octanol–water partition coefficient (Wildman–Crippen LogP) is 3.38. The average molecular weight is 415 g/mol. The van der Waals surface area contributed by atoms with Gasteiger partial charge in [-0.2, -0.15) is 0 Å².